The Morgan fingerprint density at radius 3 is 2.61 bits per heavy atom. The number of nitrogens with zero attached hydrogens (tertiary/aromatic N) is 2. The Labute approximate surface area is 166 Å². The fourth-order valence-electron chi connectivity index (χ4n) is 2.95. The summed E-state index contributed by atoms with van der Waals surface area (Å²) in [4.78, 5) is 17.6. The molecule has 146 valence electrons. The molecule has 0 spiro atoms. The highest BCUT2D eigenvalue weighted by Gasteiger charge is 2.27. The first kappa shape index (κ1) is 18.9. The third kappa shape index (κ3) is 3.87. The summed E-state index contributed by atoms with van der Waals surface area (Å²) in [5.41, 5.74) is 0.785. The van der Waals surface area contributed by atoms with Crippen molar-refractivity contribution in [1.29, 1.82) is 0 Å². The molecule has 2 aromatic heterocycles. The van der Waals surface area contributed by atoms with Gasteiger partial charge in [-0.15, -0.1) is 11.3 Å². The molecule has 4 rings (SSSR count). The van der Waals surface area contributed by atoms with Crippen LogP contribution in [0.15, 0.2) is 57.4 Å². The SMILES string of the molecule is O=C(OCc1coc(-c2cccs2)n1)c1ccc(S(=O)(=O)N2CCCC2)cc1. The zero-order valence-electron chi connectivity index (χ0n) is 14.9. The normalized spacial score (nSPS) is 15.0. The highest BCUT2D eigenvalue weighted by atomic mass is 32.2. The van der Waals surface area contributed by atoms with E-state index in [-0.39, 0.29) is 17.1 Å². The van der Waals surface area contributed by atoms with E-state index in [1.165, 1.54) is 46.2 Å². The number of thiophene rings is 1. The molecule has 3 heterocycles. The second kappa shape index (κ2) is 7.86. The van der Waals surface area contributed by atoms with Crippen LogP contribution in [0.25, 0.3) is 10.8 Å². The maximum absolute atomic E-state index is 12.5. The molecule has 28 heavy (non-hydrogen) atoms. The minimum Gasteiger partial charge on any atom is -0.455 e. The number of sulfonamides is 1. The average Bonchev–Trinajstić information content (AvgIpc) is 3.48. The number of oxazole rings is 1. The van der Waals surface area contributed by atoms with E-state index in [1.807, 2.05) is 17.5 Å². The fourth-order valence-corrected chi connectivity index (χ4v) is 5.12. The van der Waals surface area contributed by atoms with E-state index in [4.69, 9.17) is 9.15 Å². The minimum absolute atomic E-state index is 0.0263. The highest BCUT2D eigenvalue weighted by molar-refractivity contribution is 7.89. The number of aromatic nitrogens is 1. The van der Waals surface area contributed by atoms with Crippen LogP contribution in [0.5, 0.6) is 0 Å². The molecule has 7 nitrogen and oxygen atoms in total. The molecule has 1 fully saturated rings. The lowest BCUT2D eigenvalue weighted by Gasteiger charge is -2.15. The van der Waals surface area contributed by atoms with Crippen LogP contribution in [-0.2, 0) is 21.4 Å². The lowest BCUT2D eigenvalue weighted by atomic mass is 10.2. The van der Waals surface area contributed by atoms with Crippen LogP contribution in [0.3, 0.4) is 0 Å². The van der Waals surface area contributed by atoms with Gasteiger partial charge in [-0.2, -0.15) is 4.31 Å². The Hall–Kier alpha value is -2.49. The van der Waals surface area contributed by atoms with Crippen molar-refractivity contribution in [3.63, 3.8) is 0 Å². The average molecular weight is 418 g/mol. The molecule has 1 aliphatic rings. The Morgan fingerprint density at radius 1 is 1.18 bits per heavy atom. The van der Waals surface area contributed by atoms with Crippen molar-refractivity contribution < 1.29 is 22.4 Å². The van der Waals surface area contributed by atoms with Crippen molar-refractivity contribution in [3.8, 4) is 10.8 Å². The van der Waals surface area contributed by atoms with Gasteiger partial charge in [0.15, 0.2) is 0 Å². The maximum Gasteiger partial charge on any atom is 0.338 e. The van der Waals surface area contributed by atoms with Crippen molar-refractivity contribution in [1.82, 2.24) is 9.29 Å². The molecule has 1 aliphatic heterocycles. The summed E-state index contributed by atoms with van der Waals surface area (Å²) in [5.74, 6) is -0.0664. The van der Waals surface area contributed by atoms with Crippen molar-refractivity contribution >= 4 is 27.3 Å². The smallest absolute Gasteiger partial charge is 0.338 e. The van der Waals surface area contributed by atoms with Crippen molar-refractivity contribution in [2.24, 2.45) is 0 Å². The molecule has 9 heteroatoms. The highest BCUT2D eigenvalue weighted by Crippen LogP contribution is 2.24. The molecule has 1 aromatic carbocycles. The number of carbonyl (C=O) groups is 1. The lowest BCUT2D eigenvalue weighted by molar-refractivity contribution is 0.0467. The minimum atomic E-state index is -3.50. The summed E-state index contributed by atoms with van der Waals surface area (Å²) in [6, 6.07) is 9.60. The van der Waals surface area contributed by atoms with Crippen LogP contribution in [0.2, 0.25) is 0 Å². The molecular weight excluding hydrogens is 400 g/mol. The van der Waals surface area contributed by atoms with Gasteiger partial charge in [0.05, 0.1) is 15.3 Å². The van der Waals surface area contributed by atoms with Crippen molar-refractivity contribution in [2.45, 2.75) is 24.3 Å². The summed E-state index contributed by atoms with van der Waals surface area (Å²) in [5, 5.41) is 1.92. The number of esters is 1. The van der Waals surface area contributed by atoms with E-state index in [2.05, 4.69) is 4.98 Å². The van der Waals surface area contributed by atoms with Gasteiger partial charge in [0.2, 0.25) is 15.9 Å². The second-order valence-corrected chi connectivity index (χ2v) is 9.22. The number of benzene rings is 1. The fraction of sp³-hybridized carbons (Fsp3) is 0.263. The van der Waals surface area contributed by atoms with Gasteiger partial charge in [-0.05, 0) is 48.6 Å². The topological polar surface area (TPSA) is 89.7 Å². The molecule has 3 aromatic rings. The number of ether oxygens (including phenoxy) is 1. The Balaban J connectivity index is 1.39. The van der Waals surface area contributed by atoms with Crippen LogP contribution in [0.1, 0.15) is 28.9 Å². The summed E-state index contributed by atoms with van der Waals surface area (Å²) in [6.45, 7) is 1.05. The quantitative estimate of drug-likeness (QED) is 0.569. The van der Waals surface area contributed by atoms with Gasteiger partial charge >= 0.3 is 5.97 Å². The standard InChI is InChI=1S/C19H18N2O5S2/c22-19(26-13-15-12-25-18(20-15)17-4-3-11-27-17)14-5-7-16(8-6-14)28(23,24)21-9-1-2-10-21/h3-8,11-12H,1-2,9-10,13H2. The third-order valence-corrected chi connectivity index (χ3v) is 7.20. The van der Waals surface area contributed by atoms with Crippen molar-refractivity contribution in [3.05, 3.63) is 59.3 Å². The number of rotatable bonds is 6. The van der Waals surface area contributed by atoms with Crippen molar-refractivity contribution in [2.75, 3.05) is 13.1 Å². The van der Waals surface area contributed by atoms with Crippen LogP contribution >= 0.6 is 11.3 Å². The lowest BCUT2D eigenvalue weighted by Crippen LogP contribution is -2.27. The van der Waals surface area contributed by atoms with Gasteiger partial charge < -0.3 is 9.15 Å². The molecule has 0 unspecified atom stereocenters. The summed E-state index contributed by atoms with van der Waals surface area (Å²) in [6.07, 6.45) is 3.20. The zero-order valence-corrected chi connectivity index (χ0v) is 16.5. The summed E-state index contributed by atoms with van der Waals surface area (Å²) < 4.78 is 37.1. The number of carbonyl (C=O) groups excluding carboxylic acids is 1. The van der Waals surface area contributed by atoms with E-state index in [0.29, 0.717) is 24.7 Å². The first-order valence-corrected chi connectivity index (χ1v) is 11.1. The van der Waals surface area contributed by atoms with Gasteiger partial charge in [0.25, 0.3) is 0 Å². The van der Waals surface area contributed by atoms with E-state index >= 15 is 0 Å². The molecule has 0 aliphatic carbocycles. The molecule has 0 amide bonds. The predicted molar refractivity (Wildman–Crippen MR) is 103 cm³/mol. The van der Waals surface area contributed by atoms with Gasteiger partial charge in [0, 0.05) is 13.1 Å². The van der Waals surface area contributed by atoms with E-state index in [1.54, 1.807) is 0 Å². The Kier molecular flexibility index (Phi) is 5.29. The molecule has 0 atom stereocenters. The molecule has 0 bridgehead atoms. The zero-order chi connectivity index (χ0) is 19.6. The van der Waals surface area contributed by atoms with Crippen LogP contribution in [-0.4, -0.2) is 36.8 Å². The summed E-state index contributed by atoms with van der Waals surface area (Å²) >= 11 is 1.51. The second-order valence-electron chi connectivity index (χ2n) is 6.33. The third-order valence-electron chi connectivity index (χ3n) is 4.43. The predicted octanol–water partition coefficient (Wildman–Crippen LogP) is 3.54. The number of hydrogen-bond acceptors (Lipinski definition) is 7. The maximum atomic E-state index is 12.5. The molecule has 1 saturated heterocycles. The molecule has 0 saturated carbocycles. The first-order chi connectivity index (χ1) is 13.5. The molecule has 0 radical (unpaired) electrons. The Bertz CT molecular complexity index is 1050. The molecular formula is C19H18N2O5S2. The van der Waals surface area contributed by atoms with Crippen LogP contribution < -0.4 is 0 Å². The van der Waals surface area contributed by atoms with Gasteiger partial charge in [-0.3, -0.25) is 0 Å². The number of hydrogen-bond donors (Lipinski definition) is 0. The van der Waals surface area contributed by atoms with Gasteiger partial charge in [0.1, 0.15) is 18.6 Å². The van der Waals surface area contributed by atoms with E-state index in [0.717, 1.165) is 17.7 Å². The van der Waals surface area contributed by atoms with E-state index < -0.39 is 16.0 Å². The molecule has 0 N–H and O–H groups in total. The van der Waals surface area contributed by atoms with Gasteiger partial charge in [-0.1, -0.05) is 6.07 Å². The summed E-state index contributed by atoms with van der Waals surface area (Å²) in [7, 11) is -3.50. The first-order valence-electron chi connectivity index (χ1n) is 8.80. The largest absolute Gasteiger partial charge is 0.455 e. The monoisotopic (exact) mass is 418 g/mol. The Morgan fingerprint density at radius 2 is 1.93 bits per heavy atom. The van der Waals surface area contributed by atoms with Gasteiger partial charge in [-0.25, -0.2) is 18.2 Å². The van der Waals surface area contributed by atoms with E-state index in [9.17, 15) is 13.2 Å². The van der Waals surface area contributed by atoms with Crippen LogP contribution in [0, 0.1) is 0 Å². The van der Waals surface area contributed by atoms with Crippen LogP contribution in [0.4, 0.5) is 0 Å².